The molecule has 1 unspecified atom stereocenters. The molecule has 2 aromatic heterocycles. The number of benzene rings is 1. The van der Waals surface area contributed by atoms with Gasteiger partial charge in [-0.15, -0.1) is 5.10 Å². The first-order chi connectivity index (χ1) is 22.9. The van der Waals surface area contributed by atoms with Crippen LogP contribution in [-0.4, -0.2) is 92.3 Å². The van der Waals surface area contributed by atoms with Crippen molar-refractivity contribution in [2.75, 3.05) is 49.6 Å². The number of hydrogen-bond acceptors (Lipinski definition) is 10. The number of alkyl halides is 3. The number of aromatic nitrogens is 4. The van der Waals surface area contributed by atoms with Crippen molar-refractivity contribution in [3.05, 3.63) is 69.4 Å². The second-order valence-corrected chi connectivity index (χ2v) is 12.0. The lowest BCUT2D eigenvalue weighted by atomic mass is 10.1. The molecule has 17 heteroatoms. The standard InChI is InChI=1S/C31H32F3N9O5/c1-18-17-20(31(32,33)34)3-4-21(18)36-26(44)23-6-5-22-24(40-11-13-41(14-12-40)28(46)30(47)9-2-10-35-39-30)27(45)43-29(42(22)23)37-25(38-43)19-7-15-48-16-8-19/h2-4,7,9-10,17,23,39,47H,5-6,8,11-16H2,1H3,(H,36,44)/t23-,30?/m0/s1. The average Bonchev–Trinajstić information content (AvgIpc) is 3.72. The summed E-state index contributed by atoms with van der Waals surface area (Å²) in [6.07, 6.45) is 2.71. The van der Waals surface area contributed by atoms with Gasteiger partial charge >= 0.3 is 6.18 Å². The van der Waals surface area contributed by atoms with E-state index in [2.05, 4.69) is 20.9 Å². The van der Waals surface area contributed by atoms with E-state index in [1.165, 1.54) is 40.8 Å². The molecule has 1 fully saturated rings. The molecule has 48 heavy (non-hydrogen) atoms. The molecule has 1 saturated heterocycles. The Morgan fingerprint density at radius 3 is 2.62 bits per heavy atom. The summed E-state index contributed by atoms with van der Waals surface area (Å²) in [7, 11) is 0. The molecule has 4 aliphatic rings. The first-order valence-electron chi connectivity index (χ1n) is 15.5. The maximum atomic E-state index is 14.1. The van der Waals surface area contributed by atoms with Gasteiger partial charge in [0, 0.05) is 38.1 Å². The van der Waals surface area contributed by atoms with E-state index in [9.17, 15) is 32.7 Å². The highest BCUT2D eigenvalue weighted by Crippen LogP contribution is 2.36. The Balaban J connectivity index is 1.23. The average molecular weight is 668 g/mol. The Kier molecular flexibility index (Phi) is 7.82. The number of fused-ring (bicyclic) bond motifs is 3. The highest BCUT2D eigenvalue weighted by molar-refractivity contribution is 5.95. The summed E-state index contributed by atoms with van der Waals surface area (Å²) in [5.41, 5.74) is 1.41. The highest BCUT2D eigenvalue weighted by Gasteiger charge is 2.41. The van der Waals surface area contributed by atoms with Gasteiger partial charge < -0.3 is 25.0 Å². The van der Waals surface area contributed by atoms with Gasteiger partial charge in [-0.3, -0.25) is 24.4 Å². The fraction of sp³-hybridized carbons (Fsp3) is 0.419. The van der Waals surface area contributed by atoms with Crippen molar-refractivity contribution in [1.82, 2.24) is 29.5 Å². The van der Waals surface area contributed by atoms with Crippen LogP contribution >= 0.6 is 0 Å². The molecular weight excluding hydrogens is 635 g/mol. The van der Waals surface area contributed by atoms with E-state index in [0.717, 1.165) is 17.7 Å². The van der Waals surface area contributed by atoms with Crippen molar-refractivity contribution in [1.29, 1.82) is 0 Å². The number of piperazine rings is 1. The molecule has 2 atom stereocenters. The molecule has 1 aromatic carbocycles. The van der Waals surface area contributed by atoms with Gasteiger partial charge in [0.25, 0.3) is 17.2 Å². The van der Waals surface area contributed by atoms with Crippen LogP contribution in [0.3, 0.4) is 0 Å². The summed E-state index contributed by atoms with van der Waals surface area (Å²) in [6.45, 7) is 3.24. The van der Waals surface area contributed by atoms with Gasteiger partial charge in [0.1, 0.15) is 11.7 Å². The van der Waals surface area contributed by atoms with E-state index >= 15 is 0 Å². The molecule has 0 bridgehead atoms. The van der Waals surface area contributed by atoms with Gasteiger partial charge in [0.15, 0.2) is 5.82 Å². The molecule has 2 amide bonds. The number of nitrogens with one attached hydrogen (secondary N) is 2. The van der Waals surface area contributed by atoms with Crippen LogP contribution in [0.25, 0.3) is 11.4 Å². The van der Waals surface area contributed by atoms with Crippen molar-refractivity contribution in [2.24, 2.45) is 5.10 Å². The van der Waals surface area contributed by atoms with Gasteiger partial charge in [-0.05, 0) is 67.7 Å². The monoisotopic (exact) mass is 667 g/mol. The van der Waals surface area contributed by atoms with Gasteiger partial charge in [-0.1, -0.05) is 6.08 Å². The second-order valence-electron chi connectivity index (χ2n) is 12.0. The molecule has 0 spiro atoms. The number of anilines is 2. The lowest BCUT2D eigenvalue weighted by Gasteiger charge is -2.39. The number of carbonyl (C=O) groups excluding carboxylic acids is 2. The van der Waals surface area contributed by atoms with Gasteiger partial charge in [0.05, 0.1) is 24.5 Å². The third-order valence-corrected chi connectivity index (χ3v) is 9.04. The smallest absolute Gasteiger partial charge is 0.377 e. The van der Waals surface area contributed by atoms with E-state index in [0.29, 0.717) is 49.7 Å². The van der Waals surface area contributed by atoms with E-state index in [-0.39, 0.29) is 43.2 Å². The zero-order chi connectivity index (χ0) is 33.8. The Morgan fingerprint density at radius 2 is 1.96 bits per heavy atom. The summed E-state index contributed by atoms with van der Waals surface area (Å²) in [6, 6.07) is 2.29. The minimum absolute atomic E-state index is 0.176. The molecule has 0 aliphatic carbocycles. The largest absolute Gasteiger partial charge is 0.416 e. The summed E-state index contributed by atoms with van der Waals surface area (Å²) in [4.78, 5) is 49.1. The number of carbonyl (C=O) groups is 2. The summed E-state index contributed by atoms with van der Waals surface area (Å²) >= 11 is 0. The number of hydrogen-bond donors (Lipinski definition) is 3. The predicted molar refractivity (Wildman–Crippen MR) is 167 cm³/mol. The van der Waals surface area contributed by atoms with Gasteiger partial charge in [-0.25, -0.2) is 0 Å². The number of allylic oxidation sites excluding steroid dienone is 1. The number of aliphatic hydroxyl groups is 1. The van der Waals surface area contributed by atoms with Gasteiger partial charge in [0.2, 0.25) is 11.7 Å². The fourth-order valence-electron chi connectivity index (χ4n) is 6.54. The number of rotatable bonds is 5. The molecule has 3 aromatic rings. The zero-order valence-corrected chi connectivity index (χ0v) is 25.8. The first kappa shape index (κ1) is 31.6. The number of hydrazone groups is 1. The zero-order valence-electron chi connectivity index (χ0n) is 25.8. The van der Waals surface area contributed by atoms with Crippen molar-refractivity contribution in [3.63, 3.8) is 0 Å². The molecule has 6 heterocycles. The molecule has 0 saturated carbocycles. The second kappa shape index (κ2) is 11.9. The van der Waals surface area contributed by atoms with Crippen molar-refractivity contribution in [2.45, 2.75) is 44.1 Å². The minimum atomic E-state index is -4.52. The maximum Gasteiger partial charge on any atom is 0.416 e. The lowest BCUT2D eigenvalue weighted by Crippen LogP contribution is -2.60. The van der Waals surface area contributed by atoms with E-state index in [4.69, 9.17) is 9.72 Å². The number of nitrogens with zero attached hydrogens (tertiary/aromatic N) is 7. The van der Waals surface area contributed by atoms with Crippen LogP contribution in [-0.2, 0) is 26.9 Å². The Hall–Kier alpha value is -5.03. The van der Waals surface area contributed by atoms with Crippen molar-refractivity contribution >= 4 is 40.8 Å². The van der Waals surface area contributed by atoms with E-state index in [1.807, 2.05) is 11.0 Å². The first-order valence-corrected chi connectivity index (χ1v) is 15.5. The van der Waals surface area contributed by atoms with Crippen LogP contribution in [0, 0.1) is 6.92 Å². The number of aryl methyl sites for hydroxylation is 1. The van der Waals surface area contributed by atoms with Crippen molar-refractivity contribution < 1.29 is 32.6 Å². The van der Waals surface area contributed by atoms with Crippen LogP contribution in [0.2, 0.25) is 0 Å². The summed E-state index contributed by atoms with van der Waals surface area (Å²) < 4.78 is 48.1. The fourth-order valence-corrected chi connectivity index (χ4v) is 6.54. The predicted octanol–water partition coefficient (Wildman–Crippen LogP) is 1.63. The molecule has 0 radical (unpaired) electrons. The highest BCUT2D eigenvalue weighted by atomic mass is 19.4. The Bertz CT molecular complexity index is 1960. The van der Waals surface area contributed by atoms with Crippen LogP contribution in [0.4, 0.5) is 24.5 Å². The summed E-state index contributed by atoms with van der Waals surface area (Å²) in [5.74, 6) is -0.531. The number of halogens is 3. The Labute approximate surface area is 271 Å². The van der Waals surface area contributed by atoms with Crippen LogP contribution in [0.15, 0.2) is 46.3 Å². The molecule has 252 valence electrons. The molecule has 14 nitrogen and oxygen atoms in total. The molecule has 7 rings (SSSR count). The SMILES string of the molecule is Cc1cc(C(F)(F)F)ccc1NC(=O)[C@@H]1CCc2c(N3CCN(C(=O)C4(O)C=CC=NN4)CC3)c(=O)n3nc(C4=CCOCC4)nc3n21. The van der Waals surface area contributed by atoms with Crippen LogP contribution < -0.4 is 21.2 Å². The third kappa shape index (κ3) is 5.51. The van der Waals surface area contributed by atoms with Crippen molar-refractivity contribution in [3.8, 4) is 0 Å². The van der Waals surface area contributed by atoms with E-state index in [1.54, 1.807) is 4.57 Å². The minimum Gasteiger partial charge on any atom is -0.377 e. The number of ether oxygens (including phenoxy) is 1. The lowest BCUT2D eigenvalue weighted by molar-refractivity contribution is -0.149. The number of amides is 2. The topological polar surface area (TPSA) is 159 Å². The van der Waals surface area contributed by atoms with E-state index < -0.39 is 40.9 Å². The molecular formula is C31H32F3N9O5. The van der Waals surface area contributed by atoms with Crippen LogP contribution in [0.1, 0.15) is 41.5 Å². The van der Waals surface area contributed by atoms with Gasteiger partial charge in [-0.2, -0.15) is 27.8 Å². The Morgan fingerprint density at radius 1 is 1.17 bits per heavy atom. The summed E-state index contributed by atoms with van der Waals surface area (Å²) in [5, 5.41) is 21.9. The maximum absolute atomic E-state index is 14.1. The van der Waals surface area contributed by atoms with Crippen LogP contribution in [0.5, 0.6) is 0 Å². The third-order valence-electron chi connectivity index (χ3n) is 9.04. The molecule has 3 N–H and O–H groups in total. The normalized spacial score (nSPS) is 22.4. The quantitative estimate of drug-likeness (QED) is 0.368. The molecule has 4 aliphatic heterocycles.